The first kappa shape index (κ1) is 15.0. The fourth-order valence-corrected chi connectivity index (χ4v) is 4.22. The molecule has 0 radical (unpaired) electrons. The van der Waals surface area contributed by atoms with Crippen LogP contribution in [0.2, 0.25) is 0 Å². The van der Waals surface area contributed by atoms with Crippen LogP contribution in [0.5, 0.6) is 0 Å². The van der Waals surface area contributed by atoms with Crippen molar-refractivity contribution in [3.63, 3.8) is 0 Å². The smallest absolute Gasteiger partial charge is 0.0892 e. The predicted molar refractivity (Wildman–Crippen MR) is 93.7 cm³/mol. The van der Waals surface area contributed by atoms with Gasteiger partial charge in [0, 0.05) is 36.4 Å². The lowest BCUT2D eigenvalue weighted by atomic mass is 9.78. The average molecular weight is 311 g/mol. The zero-order valence-electron chi connectivity index (χ0n) is 13.5. The molecule has 3 atom stereocenters. The van der Waals surface area contributed by atoms with Crippen molar-refractivity contribution in [3.8, 4) is 0 Å². The van der Waals surface area contributed by atoms with Gasteiger partial charge in [0.1, 0.15) is 0 Å². The minimum absolute atomic E-state index is 0.226. The van der Waals surface area contributed by atoms with E-state index in [9.17, 15) is 0 Å². The molecule has 0 spiro atoms. The highest BCUT2D eigenvalue weighted by Crippen LogP contribution is 2.46. The maximum absolute atomic E-state index is 9.06. The van der Waals surface area contributed by atoms with Crippen molar-refractivity contribution in [1.29, 1.82) is 0 Å². The molecule has 0 amide bonds. The molecule has 2 aromatic rings. The van der Waals surface area contributed by atoms with E-state index in [1.165, 1.54) is 28.4 Å². The van der Waals surface area contributed by atoms with Gasteiger partial charge < -0.3 is 15.2 Å². The highest BCUT2D eigenvalue weighted by molar-refractivity contribution is 5.87. The van der Waals surface area contributed by atoms with Gasteiger partial charge in [-0.15, -0.1) is 0 Å². The van der Waals surface area contributed by atoms with Crippen molar-refractivity contribution in [2.45, 2.75) is 44.2 Å². The summed E-state index contributed by atoms with van der Waals surface area (Å²) in [6, 6.07) is 13.6. The Hall–Kier alpha value is -1.58. The number of hydrogen-bond acceptors (Lipinski definition) is 3. The van der Waals surface area contributed by atoms with Crippen molar-refractivity contribution in [3.05, 3.63) is 42.0 Å². The molecule has 2 N–H and O–H groups in total. The fraction of sp³-hybridized carbons (Fsp3) is 0.500. The first-order chi connectivity index (χ1) is 11.4. The zero-order chi connectivity index (χ0) is 15.6. The van der Waals surface area contributed by atoms with Crippen molar-refractivity contribution in [1.82, 2.24) is 0 Å². The molecule has 1 fully saturated rings. The molecule has 0 aromatic heterocycles. The van der Waals surface area contributed by atoms with Crippen molar-refractivity contribution in [2.75, 3.05) is 18.5 Å². The maximum atomic E-state index is 9.06. The van der Waals surface area contributed by atoms with E-state index in [0.29, 0.717) is 18.6 Å². The second kappa shape index (κ2) is 6.50. The van der Waals surface area contributed by atoms with Gasteiger partial charge in [-0.05, 0) is 55.0 Å². The summed E-state index contributed by atoms with van der Waals surface area (Å²) in [4.78, 5) is 0. The fourth-order valence-electron chi connectivity index (χ4n) is 4.22. The summed E-state index contributed by atoms with van der Waals surface area (Å²) in [5.41, 5.74) is 2.56. The van der Waals surface area contributed by atoms with Crippen LogP contribution in [0.1, 0.15) is 43.8 Å². The van der Waals surface area contributed by atoms with Gasteiger partial charge in [-0.3, -0.25) is 0 Å². The largest absolute Gasteiger partial charge is 0.396 e. The van der Waals surface area contributed by atoms with Gasteiger partial charge in [-0.1, -0.05) is 24.3 Å². The minimum Gasteiger partial charge on any atom is -0.396 e. The SMILES string of the molecule is OCCCC[C@H]1Nc2cc3ccccc3cc2[C@H]2OCCC[C@H]21. The third-order valence-electron chi connectivity index (χ3n) is 5.37. The van der Waals surface area contributed by atoms with Crippen LogP contribution in [0.4, 0.5) is 5.69 Å². The number of ether oxygens (including phenoxy) is 1. The van der Waals surface area contributed by atoms with Crippen LogP contribution in [0.15, 0.2) is 36.4 Å². The molecule has 4 rings (SSSR count). The monoisotopic (exact) mass is 311 g/mol. The van der Waals surface area contributed by atoms with E-state index >= 15 is 0 Å². The lowest BCUT2D eigenvalue weighted by Crippen LogP contribution is -2.41. The Morgan fingerprint density at radius 1 is 1.13 bits per heavy atom. The van der Waals surface area contributed by atoms with Gasteiger partial charge in [0.05, 0.1) is 6.10 Å². The molecule has 3 nitrogen and oxygen atoms in total. The number of benzene rings is 2. The summed E-state index contributed by atoms with van der Waals surface area (Å²) in [7, 11) is 0. The van der Waals surface area contributed by atoms with E-state index in [0.717, 1.165) is 32.3 Å². The maximum Gasteiger partial charge on any atom is 0.0892 e. The lowest BCUT2D eigenvalue weighted by molar-refractivity contribution is -0.0386. The van der Waals surface area contributed by atoms with Gasteiger partial charge in [0.25, 0.3) is 0 Å². The second-order valence-electron chi connectivity index (χ2n) is 6.85. The van der Waals surface area contributed by atoms with Crippen LogP contribution in [0.3, 0.4) is 0 Å². The Labute approximate surface area is 137 Å². The molecule has 0 unspecified atom stereocenters. The number of aliphatic hydroxyl groups is 1. The van der Waals surface area contributed by atoms with Crippen LogP contribution in [0, 0.1) is 5.92 Å². The summed E-state index contributed by atoms with van der Waals surface area (Å²) in [6.45, 7) is 1.16. The highest BCUT2D eigenvalue weighted by Gasteiger charge is 2.38. The summed E-state index contributed by atoms with van der Waals surface area (Å²) in [6.07, 6.45) is 5.68. The van der Waals surface area contributed by atoms with Gasteiger partial charge >= 0.3 is 0 Å². The van der Waals surface area contributed by atoms with E-state index in [4.69, 9.17) is 9.84 Å². The number of aliphatic hydroxyl groups excluding tert-OH is 1. The second-order valence-corrected chi connectivity index (χ2v) is 6.85. The van der Waals surface area contributed by atoms with Crippen LogP contribution in [-0.2, 0) is 4.74 Å². The first-order valence-corrected chi connectivity index (χ1v) is 8.88. The van der Waals surface area contributed by atoms with Crippen molar-refractivity contribution < 1.29 is 9.84 Å². The van der Waals surface area contributed by atoms with Crippen LogP contribution in [-0.4, -0.2) is 24.4 Å². The zero-order valence-corrected chi connectivity index (χ0v) is 13.5. The highest BCUT2D eigenvalue weighted by atomic mass is 16.5. The normalized spacial score (nSPS) is 26.4. The first-order valence-electron chi connectivity index (χ1n) is 8.88. The van der Waals surface area contributed by atoms with Gasteiger partial charge in [0.15, 0.2) is 0 Å². The molecule has 0 aliphatic carbocycles. The summed E-state index contributed by atoms with van der Waals surface area (Å²) in [5, 5.41) is 15.4. The van der Waals surface area contributed by atoms with E-state index in [2.05, 4.69) is 41.7 Å². The Morgan fingerprint density at radius 3 is 2.78 bits per heavy atom. The molecule has 23 heavy (non-hydrogen) atoms. The number of fused-ring (bicyclic) bond motifs is 4. The Morgan fingerprint density at radius 2 is 1.96 bits per heavy atom. The predicted octanol–water partition coefficient (Wildman–Crippen LogP) is 4.26. The standard InChI is InChI=1S/C20H25NO2/c22-10-4-3-9-18-16-8-5-11-23-20(16)17-12-14-6-1-2-7-15(14)13-19(17)21-18/h1-2,6-7,12-13,16,18,20-22H,3-5,8-11H2/t16-,18+,20-/m0/s1. The number of nitrogens with one attached hydrogen (secondary N) is 1. The Bertz CT molecular complexity index is 684. The Balaban J connectivity index is 1.69. The molecule has 2 heterocycles. The number of anilines is 1. The van der Waals surface area contributed by atoms with E-state index < -0.39 is 0 Å². The summed E-state index contributed by atoms with van der Waals surface area (Å²) in [5.74, 6) is 0.552. The molecular weight excluding hydrogens is 286 g/mol. The molecule has 1 saturated heterocycles. The molecule has 2 aliphatic rings. The molecule has 3 heteroatoms. The third-order valence-corrected chi connectivity index (χ3v) is 5.37. The third kappa shape index (κ3) is 2.84. The number of unbranched alkanes of at least 4 members (excludes halogenated alkanes) is 1. The van der Waals surface area contributed by atoms with Crippen LogP contribution < -0.4 is 5.32 Å². The average Bonchev–Trinajstić information content (AvgIpc) is 2.60. The summed E-state index contributed by atoms with van der Waals surface area (Å²) < 4.78 is 6.20. The number of hydrogen-bond donors (Lipinski definition) is 2. The van der Waals surface area contributed by atoms with Gasteiger partial charge in [-0.2, -0.15) is 0 Å². The molecule has 0 bridgehead atoms. The van der Waals surface area contributed by atoms with E-state index in [1.807, 2.05) is 0 Å². The molecule has 0 saturated carbocycles. The van der Waals surface area contributed by atoms with Crippen molar-refractivity contribution >= 4 is 16.5 Å². The van der Waals surface area contributed by atoms with Gasteiger partial charge in [-0.25, -0.2) is 0 Å². The molecular formula is C20H25NO2. The molecule has 122 valence electrons. The van der Waals surface area contributed by atoms with Crippen LogP contribution in [0.25, 0.3) is 10.8 Å². The topological polar surface area (TPSA) is 41.5 Å². The summed E-state index contributed by atoms with van der Waals surface area (Å²) >= 11 is 0. The van der Waals surface area contributed by atoms with Gasteiger partial charge in [0.2, 0.25) is 0 Å². The van der Waals surface area contributed by atoms with E-state index in [-0.39, 0.29) is 6.10 Å². The van der Waals surface area contributed by atoms with E-state index in [1.54, 1.807) is 0 Å². The molecule has 2 aromatic carbocycles. The molecule has 2 aliphatic heterocycles. The lowest BCUT2D eigenvalue weighted by Gasteiger charge is -2.43. The number of rotatable bonds is 4. The van der Waals surface area contributed by atoms with Crippen LogP contribution >= 0.6 is 0 Å². The Kier molecular flexibility index (Phi) is 4.23. The minimum atomic E-state index is 0.226. The van der Waals surface area contributed by atoms with Crippen molar-refractivity contribution in [2.24, 2.45) is 5.92 Å². The quantitative estimate of drug-likeness (QED) is 0.829.